The van der Waals surface area contributed by atoms with Gasteiger partial charge in [0.25, 0.3) is 0 Å². The molecule has 0 radical (unpaired) electrons. The van der Waals surface area contributed by atoms with E-state index in [1.807, 2.05) is 30.3 Å². The Morgan fingerprint density at radius 3 is 2.81 bits per heavy atom. The summed E-state index contributed by atoms with van der Waals surface area (Å²) in [6.07, 6.45) is 6.01. The SMILES string of the molecule is CCC(CCN)CCC(=O)Cc1ccnc2ccccc12. The molecule has 0 saturated carbocycles. The first kappa shape index (κ1) is 15.6. The topological polar surface area (TPSA) is 56.0 Å². The van der Waals surface area contributed by atoms with Crippen LogP contribution in [-0.4, -0.2) is 17.3 Å². The van der Waals surface area contributed by atoms with Crippen molar-refractivity contribution in [3.05, 3.63) is 42.1 Å². The highest BCUT2D eigenvalue weighted by Gasteiger charge is 2.11. The molecule has 1 aromatic carbocycles. The zero-order valence-electron chi connectivity index (χ0n) is 12.7. The van der Waals surface area contributed by atoms with Gasteiger partial charge in [0.1, 0.15) is 5.78 Å². The predicted molar refractivity (Wildman–Crippen MR) is 87.1 cm³/mol. The van der Waals surface area contributed by atoms with Gasteiger partial charge in [-0.2, -0.15) is 0 Å². The van der Waals surface area contributed by atoms with E-state index in [4.69, 9.17) is 5.73 Å². The number of aromatic nitrogens is 1. The molecule has 0 aliphatic rings. The number of para-hydroxylation sites is 1. The van der Waals surface area contributed by atoms with E-state index in [2.05, 4.69) is 11.9 Å². The van der Waals surface area contributed by atoms with Crippen molar-refractivity contribution in [3.8, 4) is 0 Å². The van der Waals surface area contributed by atoms with Gasteiger partial charge in [-0.25, -0.2) is 0 Å². The van der Waals surface area contributed by atoms with Crippen LogP contribution in [0.15, 0.2) is 36.5 Å². The predicted octanol–water partition coefficient (Wildman–Crippen LogP) is 3.50. The summed E-state index contributed by atoms with van der Waals surface area (Å²) >= 11 is 0. The van der Waals surface area contributed by atoms with Crippen molar-refractivity contribution in [3.63, 3.8) is 0 Å². The second kappa shape index (κ2) is 7.89. The largest absolute Gasteiger partial charge is 0.330 e. The Labute approximate surface area is 126 Å². The van der Waals surface area contributed by atoms with Crippen molar-refractivity contribution < 1.29 is 4.79 Å². The Morgan fingerprint density at radius 1 is 1.24 bits per heavy atom. The lowest BCUT2D eigenvalue weighted by Crippen LogP contribution is -2.11. The normalized spacial score (nSPS) is 12.5. The summed E-state index contributed by atoms with van der Waals surface area (Å²) in [5.41, 5.74) is 7.64. The van der Waals surface area contributed by atoms with Crippen LogP contribution in [0.25, 0.3) is 10.9 Å². The fraction of sp³-hybridized carbons (Fsp3) is 0.444. The van der Waals surface area contributed by atoms with Gasteiger partial charge in [0.05, 0.1) is 5.52 Å². The van der Waals surface area contributed by atoms with E-state index in [1.54, 1.807) is 6.20 Å². The van der Waals surface area contributed by atoms with Crippen molar-refractivity contribution >= 4 is 16.7 Å². The minimum atomic E-state index is 0.307. The Balaban J connectivity index is 1.98. The maximum absolute atomic E-state index is 12.2. The summed E-state index contributed by atoms with van der Waals surface area (Å²) in [6.45, 7) is 2.88. The van der Waals surface area contributed by atoms with Gasteiger partial charge in [0.15, 0.2) is 0 Å². The average Bonchev–Trinajstić information content (AvgIpc) is 2.52. The summed E-state index contributed by atoms with van der Waals surface area (Å²) < 4.78 is 0. The molecule has 1 aromatic heterocycles. The van der Waals surface area contributed by atoms with E-state index >= 15 is 0 Å². The molecule has 0 aliphatic carbocycles. The highest BCUT2D eigenvalue weighted by molar-refractivity contribution is 5.88. The zero-order chi connectivity index (χ0) is 15.1. The van der Waals surface area contributed by atoms with Gasteiger partial charge in [-0.15, -0.1) is 0 Å². The third-order valence-electron chi connectivity index (χ3n) is 4.11. The van der Waals surface area contributed by atoms with E-state index in [9.17, 15) is 4.79 Å². The molecule has 1 atom stereocenters. The highest BCUT2D eigenvalue weighted by Crippen LogP contribution is 2.19. The summed E-state index contributed by atoms with van der Waals surface area (Å²) in [7, 11) is 0. The molecule has 3 heteroatoms. The second-order valence-corrected chi connectivity index (χ2v) is 5.59. The molecular weight excluding hydrogens is 260 g/mol. The Kier molecular flexibility index (Phi) is 5.88. The second-order valence-electron chi connectivity index (χ2n) is 5.59. The molecule has 1 unspecified atom stereocenters. The van der Waals surface area contributed by atoms with Crippen LogP contribution >= 0.6 is 0 Å². The average molecular weight is 284 g/mol. The molecular formula is C18H24N2O. The standard InChI is InChI=1S/C18H24N2O/c1-2-14(9-11-19)7-8-16(21)13-15-10-12-20-18-6-4-3-5-17(15)18/h3-6,10,12,14H,2,7-9,11,13,19H2,1H3. The Morgan fingerprint density at radius 2 is 2.05 bits per heavy atom. The molecule has 21 heavy (non-hydrogen) atoms. The summed E-state index contributed by atoms with van der Waals surface area (Å²) in [5.74, 6) is 0.884. The first-order chi connectivity index (χ1) is 10.2. The number of pyridine rings is 1. The Bertz CT molecular complexity index is 589. The summed E-state index contributed by atoms with van der Waals surface area (Å²) in [6, 6.07) is 9.94. The van der Waals surface area contributed by atoms with E-state index in [1.165, 1.54) is 0 Å². The van der Waals surface area contributed by atoms with Crippen LogP contribution in [0.3, 0.4) is 0 Å². The van der Waals surface area contributed by atoms with Gasteiger partial charge >= 0.3 is 0 Å². The maximum Gasteiger partial charge on any atom is 0.137 e. The summed E-state index contributed by atoms with van der Waals surface area (Å²) in [5, 5.41) is 1.09. The number of ketones is 1. The summed E-state index contributed by atoms with van der Waals surface area (Å²) in [4.78, 5) is 16.6. The molecule has 2 rings (SSSR count). The Hall–Kier alpha value is -1.74. The molecule has 0 amide bonds. The van der Waals surface area contributed by atoms with E-state index in [0.717, 1.165) is 35.7 Å². The number of carbonyl (C=O) groups excluding carboxylic acids is 1. The molecule has 0 spiro atoms. The number of carbonyl (C=O) groups is 1. The first-order valence-corrected chi connectivity index (χ1v) is 7.79. The van der Waals surface area contributed by atoms with Crippen molar-refractivity contribution in [2.45, 2.75) is 39.0 Å². The highest BCUT2D eigenvalue weighted by atomic mass is 16.1. The lowest BCUT2D eigenvalue weighted by Gasteiger charge is -2.13. The van der Waals surface area contributed by atoms with Crippen molar-refractivity contribution in [2.24, 2.45) is 11.7 Å². The van der Waals surface area contributed by atoms with Gasteiger partial charge in [-0.1, -0.05) is 31.5 Å². The first-order valence-electron chi connectivity index (χ1n) is 7.79. The van der Waals surface area contributed by atoms with Crippen LogP contribution in [0.5, 0.6) is 0 Å². The van der Waals surface area contributed by atoms with Crippen molar-refractivity contribution in [1.29, 1.82) is 0 Å². The lowest BCUT2D eigenvalue weighted by molar-refractivity contribution is -0.118. The number of nitrogens with two attached hydrogens (primary N) is 1. The molecule has 1 heterocycles. The van der Waals surface area contributed by atoms with Crippen molar-refractivity contribution in [2.75, 3.05) is 6.54 Å². The number of fused-ring (bicyclic) bond motifs is 1. The molecule has 2 N–H and O–H groups in total. The van der Waals surface area contributed by atoms with Gasteiger partial charge in [-0.3, -0.25) is 9.78 Å². The van der Waals surface area contributed by atoms with Crippen LogP contribution in [0.2, 0.25) is 0 Å². The molecule has 0 bridgehead atoms. The fourth-order valence-electron chi connectivity index (χ4n) is 2.76. The molecule has 2 aromatic rings. The lowest BCUT2D eigenvalue weighted by atomic mass is 9.93. The van der Waals surface area contributed by atoms with Crippen molar-refractivity contribution in [1.82, 2.24) is 4.98 Å². The van der Waals surface area contributed by atoms with Crippen LogP contribution in [0.4, 0.5) is 0 Å². The molecule has 3 nitrogen and oxygen atoms in total. The molecule has 0 aliphatic heterocycles. The third-order valence-corrected chi connectivity index (χ3v) is 4.11. The molecule has 0 saturated heterocycles. The molecule has 0 fully saturated rings. The molecule has 112 valence electrons. The smallest absolute Gasteiger partial charge is 0.137 e. The van der Waals surface area contributed by atoms with Crippen LogP contribution in [0.1, 0.15) is 38.2 Å². The number of benzene rings is 1. The number of nitrogens with zero attached hydrogens (tertiary/aromatic N) is 1. The minimum Gasteiger partial charge on any atom is -0.330 e. The maximum atomic E-state index is 12.2. The number of rotatable bonds is 8. The third kappa shape index (κ3) is 4.36. The number of hydrogen-bond donors (Lipinski definition) is 1. The zero-order valence-corrected chi connectivity index (χ0v) is 12.7. The fourth-order valence-corrected chi connectivity index (χ4v) is 2.76. The monoisotopic (exact) mass is 284 g/mol. The van der Waals surface area contributed by atoms with Gasteiger partial charge < -0.3 is 5.73 Å². The van der Waals surface area contributed by atoms with Crippen LogP contribution < -0.4 is 5.73 Å². The van der Waals surface area contributed by atoms with E-state index in [0.29, 0.717) is 31.1 Å². The van der Waals surface area contributed by atoms with Crippen LogP contribution in [-0.2, 0) is 11.2 Å². The number of hydrogen-bond acceptors (Lipinski definition) is 3. The van der Waals surface area contributed by atoms with E-state index in [-0.39, 0.29) is 0 Å². The quantitative estimate of drug-likeness (QED) is 0.807. The van der Waals surface area contributed by atoms with Gasteiger partial charge in [0.2, 0.25) is 0 Å². The minimum absolute atomic E-state index is 0.307. The number of Topliss-reactive ketones (excluding diaryl/α,β-unsaturated/α-hetero) is 1. The van der Waals surface area contributed by atoms with Gasteiger partial charge in [0, 0.05) is 24.4 Å². The van der Waals surface area contributed by atoms with Gasteiger partial charge in [-0.05, 0) is 43.0 Å². The van der Waals surface area contributed by atoms with E-state index < -0.39 is 0 Å². The van der Waals surface area contributed by atoms with Crippen LogP contribution in [0, 0.1) is 5.92 Å².